The maximum atomic E-state index is 12.9. The first-order valence-electron chi connectivity index (χ1n) is 7.13. The summed E-state index contributed by atoms with van der Waals surface area (Å²) in [7, 11) is 0. The third-order valence-corrected chi connectivity index (χ3v) is 4.14. The Hall–Kier alpha value is -2.78. The molecule has 0 saturated heterocycles. The standard InChI is InChI=1S/C17H16N4O/c1-17(12-19-20-18)14-9-5-6-10-15(14)21(16(17)22)11-13-7-3-2-4-8-13/h2-10H,11-12H2,1H3. The SMILES string of the molecule is CC1(CN=[N+]=[N-])C(=O)N(Cc2ccccc2)c2ccccc21. The van der Waals surface area contributed by atoms with Crippen molar-refractivity contribution in [3.8, 4) is 0 Å². The molecule has 1 aliphatic heterocycles. The van der Waals surface area contributed by atoms with E-state index in [1.165, 1.54) is 0 Å². The lowest BCUT2D eigenvalue weighted by Gasteiger charge is -2.22. The summed E-state index contributed by atoms with van der Waals surface area (Å²) in [5.74, 6) is -0.0232. The fourth-order valence-electron chi connectivity index (χ4n) is 2.95. The van der Waals surface area contributed by atoms with Gasteiger partial charge in [-0.3, -0.25) is 4.79 Å². The molecule has 2 aromatic rings. The zero-order chi connectivity index (χ0) is 15.6. The Morgan fingerprint density at radius 2 is 1.82 bits per heavy atom. The van der Waals surface area contributed by atoms with Crippen LogP contribution in [0.15, 0.2) is 59.7 Å². The highest BCUT2D eigenvalue weighted by Gasteiger charge is 2.46. The fraction of sp³-hybridized carbons (Fsp3) is 0.235. The van der Waals surface area contributed by atoms with Crippen LogP contribution in [0.4, 0.5) is 5.69 Å². The molecule has 5 nitrogen and oxygen atoms in total. The van der Waals surface area contributed by atoms with Crippen LogP contribution in [0.1, 0.15) is 18.1 Å². The van der Waals surface area contributed by atoms with Crippen molar-refractivity contribution in [1.82, 2.24) is 0 Å². The van der Waals surface area contributed by atoms with Gasteiger partial charge in [-0.2, -0.15) is 0 Å². The van der Waals surface area contributed by atoms with E-state index in [4.69, 9.17) is 5.53 Å². The van der Waals surface area contributed by atoms with Gasteiger partial charge < -0.3 is 4.90 Å². The quantitative estimate of drug-likeness (QED) is 0.480. The molecule has 110 valence electrons. The summed E-state index contributed by atoms with van der Waals surface area (Å²) < 4.78 is 0. The van der Waals surface area contributed by atoms with Gasteiger partial charge in [0.25, 0.3) is 0 Å². The molecule has 1 unspecified atom stereocenters. The number of hydrogen-bond donors (Lipinski definition) is 0. The number of carbonyl (C=O) groups is 1. The molecule has 0 aliphatic carbocycles. The maximum absolute atomic E-state index is 12.9. The first kappa shape index (κ1) is 14.2. The van der Waals surface area contributed by atoms with Crippen LogP contribution in [0.5, 0.6) is 0 Å². The van der Waals surface area contributed by atoms with E-state index in [2.05, 4.69) is 10.0 Å². The first-order valence-corrected chi connectivity index (χ1v) is 7.13. The van der Waals surface area contributed by atoms with E-state index in [-0.39, 0.29) is 12.5 Å². The van der Waals surface area contributed by atoms with Crippen molar-refractivity contribution in [2.75, 3.05) is 11.4 Å². The lowest BCUT2D eigenvalue weighted by Crippen LogP contribution is -2.39. The van der Waals surface area contributed by atoms with Crippen molar-refractivity contribution in [2.24, 2.45) is 5.11 Å². The van der Waals surface area contributed by atoms with Crippen LogP contribution in [-0.4, -0.2) is 12.5 Å². The summed E-state index contributed by atoms with van der Waals surface area (Å²) in [6, 6.07) is 17.6. The van der Waals surface area contributed by atoms with Gasteiger partial charge in [0, 0.05) is 17.1 Å². The average Bonchev–Trinajstić information content (AvgIpc) is 2.77. The molecular formula is C17H16N4O. The Labute approximate surface area is 128 Å². The normalized spacial score (nSPS) is 19.7. The molecule has 0 radical (unpaired) electrons. The zero-order valence-electron chi connectivity index (χ0n) is 12.3. The number of fused-ring (bicyclic) bond motifs is 1. The molecule has 1 amide bonds. The number of benzene rings is 2. The van der Waals surface area contributed by atoms with Crippen LogP contribution in [0.3, 0.4) is 0 Å². The molecule has 5 heteroatoms. The molecule has 0 aromatic heterocycles. The minimum Gasteiger partial charge on any atom is -0.307 e. The van der Waals surface area contributed by atoms with Crippen molar-refractivity contribution in [3.63, 3.8) is 0 Å². The van der Waals surface area contributed by atoms with Gasteiger partial charge in [0.1, 0.15) is 0 Å². The summed E-state index contributed by atoms with van der Waals surface area (Å²) >= 11 is 0. The second kappa shape index (κ2) is 5.54. The third kappa shape index (κ3) is 2.22. The topological polar surface area (TPSA) is 69.1 Å². The van der Waals surface area contributed by atoms with Gasteiger partial charge in [-0.1, -0.05) is 53.6 Å². The molecular weight excluding hydrogens is 276 g/mol. The third-order valence-electron chi connectivity index (χ3n) is 4.14. The van der Waals surface area contributed by atoms with Gasteiger partial charge in [0.05, 0.1) is 12.0 Å². The molecule has 0 spiro atoms. The van der Waals surface area contributed by atoms with E-state index in [1.54, 1.807) is 4.90 Å². The molecule has 1 aliphatic rings. The second-order valence-electron chi connectivity index (χ2n) is 5.62. The largest absolute Gasteiger partial charge is 0.307 e. The van der Waals surface area contributed by atoms with Gasteiger partial charge >= 0.3 is 0 Å². The van der Waals surface area contributed by atoms with E-state index >= 15 is 0 Å². The zero-order valence-corrected chi connectivity index (χ0v) is 12.3. The Balaban J connectivity index is 2.02. The van der Waals surface area contributed by atoms with Crippen LogP contribution in [0, 0.1) is 0 Å². The number of hydrogen-bond acceptors (Lipinski definition) is 2. The summed E-state index contributed by atoms with van der Waals surface area (Å²) in [5, 5.41) is 3.65. The van der Waals surface area contributed by atoms with Crippen LogP contribution < -0.4 is 4.90 Å². The molecule has 0 saturated carbocycles. The predicted molar refractivity (Wildman–Crippen MR) is 85.4 cm³/mol. The number of rotatable bonds is 4. The van der Waals surface area contributed by atoms with Gasteiger partial charge in [-0.25, -0.2) is 0 Å². The van der Waals surface area contributed by atoms with E-state index < -0.39 is 5.41 Å². The number of azide groups is 1. The number of amides is 1. The summed E-state index contributed by atoms with van der Waals surface area (Å²) in [5.41, 5.74) is 10.7. The van der Waals surface area contributed by atoms with E-state index in [9.17, 15) is 4.79 Å². The van der Waals surface area contributed by atoms with Crippen molar-refractivity contribution >= 4 is 11.6 Å². The van der Waals surface area contributed by atoms with Gasteiger partial charge in [0.15, 0.2) is 0 Å². The molecule has 0 bridgehead atoms. The summed E-state index contributed by atoms with van der Waals surface area (Å²) in [4.78, 5) is 17.5. The van der Waals surface area contributed by atoms with E-state index in [1.807, 2.05) is 61.5 Å². The highest BCUT2D eigenvalue weighted by atomic mass is 16.2. The predicted octanol–water partition coefficient (Wildman–Crippen LogP) is 3.80. The Morgan fingerprint density at radius 3 is 2.55 bits per heavy atom. The number of para-hydroxylation sites is 1. The van der Waals surface area contributed by atoms with Crippen molar-refractivity contribution in [2.45, 2.75) is 18.9 Å². The summed E-state index contributed by atoms with van der Waals surface area (Å²) in [6.45, 7) is 2.49. The van der Waals surface area contributed by atoms with Crippen molar-refractivity contribution < 1.29 is 4.79 Å². The lowest BCUT2D eigenvalue weighted by molar-refractivity contribution is -0.122. The van der Waals surface area contributed by atoms with Crippen molar-refractivity contribution in [3.05, 3.63) is 76.2 Å². The minimum atomic E-state index is -0.794. The van der Waals surface area contributed by atoms with E-state index in [0.29, 0.717) is 6.54 Å². The van der Waals surface area contributed by atoms with Crippen molar-refractivity contribution in [1.29, 1.82) is 0 Å². The Bertz CT molecular complexity index is 752. The van der Waals surface area contributed by atoms with Gasteiger partial charge in [-0.05, 0) is 29.6 Å². The molecule has 3 rings (SSSR count). The van der Waals surface area contributed by atoms with E-state index in [0.717, 1.165) is 16.8 Å². The maximum Gasteiger partial charge on any atom is 0.237 e. The second-order valence-corrected chi connectivity index (χ2v) is 5.62. The molecule has 2 aromatic carbocycles. The summed E-state index contributed by atoms with van der Waals surface area (Å²) in [6.07, 6.45) is 0. The number of anilines is 1. The first-order chi connectivity index (χ1) is 10.7. The highest BCUT2D eigenvalue weighted by molar-refractivity contribution is 6.08. The minimum absolute atomic E-state index is 0.0232. The fourth-order valence-corrected chi connectivity index (χ4v) is 2.95. The Kier molecular flexibility index (Phi) is 3.57. The Morgan fingerprint density at radius 1 is 1.14 bits per heavy atom. The molecule has 0 fully saturated rings. The number of nitrogens with zero attached hydrogens (tertiary/aromatic N) is 4. The number of carbonyl (C=O) groups excluding carboxylic acids is 1. The lowest BCUT2D eigenvalue weighted by atomic mass is 9.84. The van der Waals surface area contributed by atoms with Crippen LogP contribution in [-0.2, 0) is 16.8 Å². The van der Waals surface area contributed by atoms with Crippen LogP contribution in [0.2, 0.25) is 0 Å². The average molecular weight is 292 g/mol. The monoisotopic (exact) mass is 292 g/mol. The van der Waals surface area contributed by atoms with Gasteiger partial charge in [-0.15, -0.1) is 0 Å². The molecule has 0 N–H and O–H groups in total. The highest BCUT2D eigenvalue weighted by Crippen LogP contribution is 2.42. The molecule has 1 atom stereocenters. The smallest absolute Gasteiger partial charge is 0.237 e. The van der Waals surface area contributed by atoms with Gasteiger partial charge in [0.2, 0.25) is 5.91 Å². The molecule has 1 heterocycles. The molecule has 22 heavy (non-hydrogen) atoms. The van der Waals surface area contributed by atoms with Crippen LogP contribution in [0.25, 0.3) is 10.4 Å². The van der Waals surface area contributed by atoms with Crippen LogP contribution >= 0.6 is 0 Å².